The van der Waals surface area contributed by atoms with E-state index in [0.29, 0.717) is 0 Å². The molecule has 0 saturated heterocycles. The third-order valence-electron chi connectivity index (χ3n) is 3.28. The first kappa shape index (κ1) is 16.9. The van der Waals surface area contributed by atoms with Crippen molar-refractivity contribution in [2.24, 2.45) is 5.41 Å². The number of hydrogen-bond acceptors (Lipinski definition) is 4. The lowest BCUT2D eigenvalue weighted by molar-refractivity contribution is -0.154. The van der Waals surface area contributed by atoms with Crippen LogP contribution in [-0.2, 0) is 9.59 Å². The van der Waals surface area contributed by atoms with Crippen LogP contribution in [-0.4, -0.2) is 59.8 Å². The lowest BCUT2D eigenvalue weighted by atomic mass is 9.76. The average Bonchev–Trinajstić information content (AvgIpc) is 2.27. The quantitative estimate of drug-likeness (QED) is 0.592. The molecule has 0 aromatic rings. The van der Waals surface area contributed by atoms with Crippen molar-refractivity contribution in [3.05, 3.63) is 0 Å². The SMILES string of the molecule is CN(C)C(=O)CCNC(=O)C(C)(O)C(C)(C)CO. The third kappa shape index (κ3) is 3.96. The van der Waals surface area contributed by atoms with Crippen LogP contribution in [0.3, 0.4) is 0 Å². The predicted molar refractivity (Wildman–Crippen MR) is 67.8 cm³/mol. The number of aliphatic hydroxyl groups excluding tert-OH is 1. The summed E-state index contributed by atoms with van der Waals surface area (Å²) < 4.78 is 0. The molecule has 0 radical (unpaired) electrons. The molecule has 1 unspecified atom stereocenters. The van der Waals surface area contributed by atoms with Crippen LogP contribution in [0.15, 0.2) is 0 Å². The molecule has 0 aliphatic carbocycles. The molecule has 0 heterocycles. The molecule has 0 aliphatic rings. The maximum atomic E-state index is 11.8. The second-order valence-electron chi connectivity index (χ2n) is 5.41. The largest absolute Gasteiger partial charge is 0.396 e. The fraction of sp³-hybridized carbons (Fsp3) is 0.833. The fourth-order valence-corrected chi connectivity index (χ4v) is 1.14. The lowest BCUT2D eigenvalue weighted by Gasteiger charge is -2.37. The number of nitrogens with zero attached hydrogens (tertiary/aromatic N) is 1. The molecule has 0 rings (SSSR count). The van der Waals surface area contributed by atoms with E-state index in [9.17, 15) is 14.7 Å². The van der Waals surface area contributed by atoms with Gasteiger partial charge in [0.05, 0.1) is 6.61 Å². The van der Waals surface area contributed by atoms with Gasteiger partial charge in [0, 0.05) is 32.5 Å². The summed E-state index contributed by atoms with van der Waals surface area (Å²) in [4.78, 5) is 24.6. The Kier molecular flexibility index (Phi) is 5.76. The Balaban J connectivity index is 4.38. The van der Waals surface area contributed by atoms with E-state index in [4.69, 9.17) is 5.11 Å². The third-order valence-corrected chi connectivity index (χ3v) is 3.28. The van der Waals surface area contributed by atoms with Gasteiger partial charge < -0.3 is 20.4 Å². The lowest BCUT2D eigenvalue weighted by Crippen LogP contribution is -2.56. The minimum absolute atomic E-state index is 0.101. The van der Waals surface area contributed by atoms with Crippen LogP contribution in [0.25, 0.3) is 0 Å². The summed E-state index contributed by atoms with van der Waals surface area (Å²) in [7, 11) is 3.27. The second-order valence-corrected chi connectivity index (χ2v) is 5.41. The van der Waals surface area contributed by atoms with E-state index in [1.807, 2.05) is 0 Å². The summed E-state index contributed by atoms with van der Waals surface area (Å²) in [6, 6.07) is 0. The molecule has 0 aromatic carbocycles. The molecule has 0 fully saturated rings. The molecule has 0 spiro atoms. The Morgan fingerprint density at radius 1 is 1.22 bits per heavy atom. The maximum absolute atomic E-state index is 11.8. The zero-order valence-corrected chi connectivity index (χ0v) is 11.8. The first-order chi connectivity index (χ1) is 8.06. The molecule has 0 aliphatic heterocycles. The molecule has 6 heteroatoms. The Morgan fingerprint density at radius 2 is 1.72 bits per heavy atom. The van der Waals surface area contributed by atoms with Gasteiger partial charge in [0.1, 0.15) is 5.60 Å². The molecule has 1 atom stereocenters. The van der Waals surface area contributed by atoms with E-state index < -0.39 is 16.9 Å². The van der Waals surface area contributed by atoms with Crippen LogP contribution in [0, 0.1) is 5.41 Å². The number of rotatable bonds is 6. The van der Waals surface area contributed by atoms with Gasteiger partial charge in [-0.05, 0) is 6.92 Å². The molecule has 106 valence electrons. The Bertz CT molecular complexity index is 311. The smallest absolute Gasteiger partial charge is 0.252 e. The van der Waals surface area contributed by atoms with Gasteiger partial charge in [0.2, 0.25) is 5.91 Å². The van der Waals surface area contributed by atoms with Crippen molar-refractivity contribution in [2.75, 3.05) is 27.2 Å². The molecule has 6 nitrogen and oxygen atoms in total. The van der Waals surface area contributed by atoms with Crippen LogP contribution in [0.5, 0.6) is 0 Å². The maximum Gasteiger partial charge on any atom is 0.252 e. The van der Waals surface area contributed by atoms with Gasteiger partial charge in [-0.15, -0.1) is 0 Å². The van der Waals surface area contributed by atoms with Crippen molar-refractivity contribution < 1.29 is 19.8 Å². The van der Waals surface area contributed by atoms with E-state index in [0.717, 1.165) is 0 Å². The van der Waals surface area contributed by atoms with Gasteiger partial charge in [-0.25, -0.2) is 0 Å². The number of hydrogen-bond donors (Lipinski definition) is 3. The highest BCUT2D eigenvalue weighted by Crippen LogP contribution is 2.30. The summed E-state index contributed by atoms with van der Waals surface area (Å²) in [5.74, 6) is -0.690. The summed E-state index contributed by atoms with van der Waals surface area (Å²) >= 11 is 0. The Hall–Kier alpha value is -1.14. The summed E-state index contributed by atoms with van der Waals surface area (Å²) in [6.07, 6.45) is 0.175. The van der Waals surface area contributed by atoms with Crippen LogP contribution >= 0.6 is 0 Å². The number of aliphatic hydroxyl groups is 2. The van der Waals surface area contributed by atoms with Gasteiger partial charge >= 0.3 is 0 Å². The summed E-state index contributed by atoms with van der Waals surface area (Å²) in [6.45, 7) is 4.39. The zero-order chi connectivity index (χ0) is 14.6. The zero-order valence-electron chi connectivity index (χ0n) is 11.8. The van der Waals surface area contributed by atoms with Crippen molar-refractivity contribution in [3.8, 4) is 0 Å². The van der Waals surface area contributed by atoms with Gasteiger partial charge in [-0.2, -0.15) is 0 Å². The van der Waals surface area contributed by atoms with Gasteiger partial charge in [-0.3, -0.25) is 9.59 Å². The predicted octanol–water partition coefficient (Wildman–Crippen LogP) is -0.650. The number of nitrogens with one attached hydrogen (secondary N) is 1. The topological polar surface area (TPSA) is 89.9 Å². The highest BCUT2D eigenvalue weighted by molar-refractivity contribution is 5.86. The summed E-state index contributed by atoms with van der Waals surface area (Å²) in [5, 5.41) is 21.8. The van der Waals surface area contributed by atoms with Crippen molar-refractivity contribution in [1.29, 1.82) is 0 Å². The monoisotopic (exact) mass is 260 g/mol. The van der Waals surface area contributed by atoms with Crippen molar-refractivity contribution >= 4 is 11.8 Å². The van der Waals surface area contributed by atoms with E-state index in [2.05, 4.69) is 5.32 Å². The normalized spacial score (nSPS) is 14.8. The molecule has 3 N–H and O–H groups in total. The number of amides is 2. The minimum atomic E-state index is -1.69. The Labute approximate surface area is 108 Å². The van der Waals surface area contributed by atoms with Crippen molar-refractivity contribution in [1.82, 2.24) is 10.2 Å². The summed E-state index contributed by atoms with van der Waals surface area (Å²) in [5.41, 5.74) is -2.65. The second kappa shape index (κ2) is 6.15. The highest BCUT2D eigenvalue weighted by atomic mass is 16.3. The van der Waals surface area contributed by atoms with E-state index in [-0.39, 0.29) is 25.5 Å². The van der Waals surface area contributed by atoms with Crippen molar-refractivity contribution in [3.63, 3.8) is 0 Å². The van der Waals surface area contributed by atoms with Crippen LogP contribution in [0.4, 0.5) is 0 Å². The molecule has 0 saturated carbocycles. The average molecular weight is 260 g/mol. The first-order valence-corrected chi connectivity index (χ1v) is 5.88. The minimum Gasteiger partial charge on any atom is -0.396 e. The van der Waals surface area contributed by atoms with E-state index in [1.54, 1.807) is 27.9 Å². The highest BCUT2D eigenvalue weighted by Gasteiger charge is 2.45. The van der Waals surface area contributed by atoms with Gasteiger partial charge in [0.15, 0.2) is 0 Å². The number of carbonyl (C=O) groups is 2. The van der Waals surface area contributed by atoms with Crippen LogP contribution in [0.2, 0.25) is 0 Å². The van der Waals surface area contributed by atoms with Crippen LogP contribution < -0.4 is 5.32 Å². The van der Waals surface area contributed by atoms with E-state index in [1.165, 1.54) is 11.8 Å². The fourth-order valence-electron chi connectivity index (χ4n) is 1.14. The van der Waals surface area contributed by atoms with Gasteiger partial charge in [0.25, 0.3) is 5.91 Å². The van der Waals surface area contributed by atoms with E-state index >= 15 is 0 Å². The molecular weight excluding hydrogens is 236 g/mol. The van der Waals surface area contributed by atoms with Gasteiger partial charge in [-0.1, -0.05) is 13.8 Å². The number of carbonyl (C=O) groups excluding carboxylic acids is 2. The molecule has 0 aromatic heterocycles. The van der Waals surface area contributed by atoms with Crippen LogP contribution in [0.1, 0.15) is 27.2 Å². The molecular formula is C12H24N2O4. The molecule has 0 bridgehead atoms. The molecule has 18 heavy (non-hydrogen) atoms. The Morgan fingerprint density at radius 3 is 2.11 bits per heavy atom. The molecule has 2 amide bonds. The first-order valence-electron chi connectivity index (χ1n) is 5.88. The standard InChI is InChI=1S/C12H24N2O4/c1-11(2,8-15)12(3,18)10(17)13-7-6-9(16)14(4)5/h15,18H,6-8H2,1-5H3,(H,13,17). The van der Waals surface area contributed by atoms with Crippen molar-refractivity contribution in [2.45, 2.75) is 32.8 Å².